The number of ether oxygens (including phenoxy) is 2. The highest BCUT2D eigenvalue weighted by molar-refractivity contribution is 5.72. The fraction of sp³-hybridized carbons (Fsp3) is 0.360. The fourth-order valence-corrected chi connectivity index (χ4v) is 4.34. The lowest BCUT2D eigenvalue weighted by molar-refractivity contribution is 0.185. The lowest BCUT2D eigenvalue weighted by Crippen LogP contribution is -2.34. The first kappa shape index (κ1) is 20.6. The van der Waals surface area contributed by atoms with E-state index in [4.69, 9.17) is 28.3 Å². The molecule has 0 saturated carbocycles. The van der Waals surface area contributed by atoms with Gasteiger partial charge in [0.05, 0.1) is 25.5 Å². The first-order valence-electron chi connectivity index (χ1n) is 10.9. The molecule has 166 valence electrons. The molecule has 2 aromatic heterocycles. The van der Waals surface area contributed by atoms with Crippen LogP contribution < -0.4 is 9.47 Å². The predicted molar refractivity (Wildman–Crippen MR) is 121 cm³/mol. The zero-order valence-corrected chi connectivity index (χ0v) is 18.6. The van der Waals surface area contributed by atoms with E-state index in [0.29, 0.717) is 11.6 Å². The molecule has 7 nitrogen and oxygen atoms in total. The molecule has 0 unspecified atom stereocenters. The normalized spacial score (nSPS) is 17.0. The number of para-hydroxylation sites is 2. The van der Waals surface area contributed by atoms with Crippen molar-refractivity contribution in [3.8, 4) is 23.0 Å². The summed E-state index contributed by atoms with van der Waals surface area (Å²) in [7, 11) is 3.27. The molecule has 0 spiro atoms. The molecule has 0 aliphatic carbocycles. The van der Waals surface area contributed by atoms with E-state index in [2.05, 4.69) is 4.90 Å². The fourth-order valence-electron chi connectivity index (χ4n) is 4.34. The van der Waals surface area contributed by atoms with Gasteiger partial charge in [-0.15, -0.1) is 0 Å². The summed E-state index contributed by atoms with van der Waals surface area (Å²) in [6.07, 6.45) is 2.18. The Hall–Kier alpha value is -3.32. The van der Waals surface area contributed by atoms with Gasteiger partial charge in [0.2, 0.25) is 5.89 Å². The van der Waals surface area contributed by atoms with E-state index in [1.54, 1.807) is 14.2 Å². The van der Waals surface area contributed by atoms with Crippen molar-refractivity contribution < 1.29 is 18.3 Å². The average molecular weight is 434 g/mol. The van der Waals surface area contributed by atoms with E-state index in [1.165, 1.54) is 0 Å². The Bertz CT molecular complexity index is 1200. The number of aromatic nitrogens is 2. The number of hydrogen-bond donors (Lipinski definition) is 0. The summed E-state index contributed by atoms with van der Waals surface area (Å²) in [6, 6.07) is 13.6. The third kappa shape index (κ3) is 3.96. The molecule has 4 aromatic rings. The van der Waals surface area contributed by atoms with E-state index >= 15 is 0 Å². The molecule has 1 aliphatic rings. The van der Waals surface area contributed by atoms with Gasteiger partial charge in [-0.05, 0) is 50.6 Å². The molecule has 0 amide bonds. The maximum absolute atomic E-state index is 6.04. The minimum atomic E-state index is 0.282. The molecule has 32 heavy (non-hydrogen) atoms. The number of rotatable bonds is 6. The van der Waals surface area contributed by atoms with E-state index in [1.807, 2.05) is 49.4 Å². The van der Waals surface area contributed by atoms with E-state index in [0.717, 1.165) is 72.2 Å². The Labute approximate surface area is 187 Å². The van der Waals surface area contributed by atoms with Crippen LogP contribution in [-0.4, -0.2) is 42.2 Å². The van der Waals surface area contributed by atoms with Gasteiger partial charge in [0.15, 0.2) is 11.5 Å². The van der Waals surface area contributed by atoms with Gasteiger partial charge in [-0.2, -0.15) is 0 Å². The largest absolute Gasteiger partial charge is 0.497 e. The van der Waals surface area contributed by atoms with Gasteiger partial charge in [0.1, 0.15) is 22.8 Å². The first-order valence-corrected chi connectivity index (χ1v) is 10.9. The van der Waals surface area contributed by atoms with Crippen LogP contribution in [0.5, 0.6) is 11.5 Å². The molecular weight excluding hydrogens is 406 g/mol. The van der Waals surface area contributed by atoms with E-state index in [-0.39, 0.29) is 5.92 Å². The zero-order valence-electron chi connectivity index (χ0n) is 18.6. The van der Waals surface area contributed by atoms with Crippen LogP contribution in [0.1, 0.15) is 36.1 Å². The molecule has 1 atom stereocenters. The number of methoxy groups -OCH3 is 2. The quantitative estimate of drug-likeness (QED) is 0.414. The monoisotopic (exact) mass is 433 g/mol. The molecule has 1 saturated heterocycles. The summed E-state index contributed by atoms with van der Waals surface area (Å²) in [6.45, 7) is 4.60. The third-order valence-electron chi connectivity index (χ3n) is 6.07. The van der Waals surface area contributed by atoms with Gasteiger partial charge in [0, 0.05) is 25.1 Å². The van der Waals surface area contributed by atoms with Crippen molar-refractivity contribution in [2.45, 2.75) is 32.2 Å². The molecule has 2 aromatic carbocycles. The minimum Gasteiger partial charge on any atom is -0.497 e. The number of likely N-dealkylation sites (tertiary alicyclic amines) is 1. The van der Waals surface area contributed by atoms with Gasteiger partial charge < -0.3 is 18.3 Å². The summed E-state index contributed by atoms with van der Waals surface area (Å²) < 4.78 is 22.9. The maximum Gasteiger partial charge on any atom is 0.230 e. The molecule has 0 radical (unpaired) electrons. The van der Waals surface area contributed by atoms with Crippen molar-refractivity contribution in [1.29, 1.82) is 0 Å². The van der Waals surface area contributed by atoms with Gasteiger partial charge in [0.25, 0.3) is 0 Å². The second-order valence-corrected chi connectivity index (χ2v) is 8.18. The standard InChI is InChI=1S/C25H27N3O4/c1-16-21(27-25(31-16)19-11-10-18(29-2)13-23(19)30-3)15-28-12-6-7-17(14-28)24-26-20-8-4-5-9-22(20)32-24/h4-5,8-11,13,17H,6-7,12,14-15H2,1-3H3/t17-/m1/s1. The van der Waals surface area contributed by atoms with Crippen LogP contribution >= 0.6 is 0 Å². The Balaban J connectivity index is 1.34. The molecule has 7 heteroatoms. The van der Waals surface area contributed by atoms with Crippen molar-refractivity contribution in [3.63, 3.8) is 0 Å². The van der Waals surface area contributed by atoms with Gasteiger partial charge in [-0.3, -0.25) is 4.90 Å². The topological polar surface area (TPSA) is 73.8 Å². The molecule has 1 fully saturated rings. The minimum absolute atomic E-state index is 0.282. The van der Waals surface area contributed by atoms with E-state index < -0.39 is 0 Å². The molecule has 0 bridgehead atoms. The Morgan fingerprint density at radius 3 is 2.75 bits per heavy atom. The highest BCUT2D eigenvalue weighted by atomic mass is 16.5. The molecule has 0 N–H and O–H groups in total. The number of fused-ring (bicyclic) bond motifs is 1. The number of oxazole rings is 2. The summed E-state index contributed by atoms with van der Waals surface area (Å²) in [5, 5.41) is 0. The Morgan fingerprint density at radius 1 is 1.06 bits per heavy atom. The van der Waals surface area contributed by atoms with Crippen LogP contribution in [0.25, 0.3) is 22.6 Å². The summed E-state index contributed by atoms with van der Waals surface area (Å²) >= 11 is 0. The Morgan fingerprint density at radius 2 is 1.94 bits per heavy atom. The van der Waals surface area contributed by atoms with E-state index in [9.17, 15) is 0 Å². The SMILES string of the molecule is COc1ccc(-c2nc(CN3CCC[C@@H](c4nc5ccccc5o4)C3)c(C)o2)c(OC)c1. The lowest BCUT2D eigenvalue weighted by Gasteiger charge is -2.30. The third-order valence-corrected chi connectivity index (χ3v) is 6.07. The van der Waals surface area contributed by atoms with Crippen molar-refractivity contribution in [2.75, 3.05) is 27.3 Å². The van der Waals surface area contributed by atoms with Crippen LogP contribution in [0.15, 0.2) is 51.3 Å². The number of hydrogen-bond acceptors (Lipinski definition) is 7. The van der Waals surface area contributed by atoms with Crippen LogP contribution in [0.2, 0.25) is 0 Å². The molecule has 3 heterocycles. The van der Waals surface area contributed by atoms with Crippen LogP contribution in [0.4, 0.5) is 0 Å². The maximum atomic E-state index is 6.04. The Kier molecular flexibility index (Phi) is 5.57. The van der Waals surface area contributed by atoms with Crippen molar-refractivity contribution in [3.05, 3.63) is 59.8 Å². The van der Waals surface area contributed by atoms with Gasteiger partial charge in [-0.1, -0.05) is 12.1 Å². The summed E-state index contributed by atoms with van der Waals surface area (Å²) in [5.41, 5.74) is 3.52. The molecule has 1 aliphatic heterocycles. The second-order valence-electron chi connectivity index (χ2n) is 8.18. The second kappa shape index (κ2) is 8.67. The number of piperidine rings is 1. The highest BCUT2D eigenvalue weighted by Crippen LogP contribution is 2.35. The smallest absolute Gasteiger partial charge is 0.230 e. The zero-order chi connectivity index (χ0) is 22.1. The summed E-state index contributed by atoms with van der Waals surface area (Å²) in [4.78, 5) is 11.9. The molecule has 5 rings (SSSR count). The van der Waals surface area contributed by atoms with Gasteiger partial charge in [-0.25, -0.2) is 9.97 Å². The van der Waals surface area contributed by atoms with Gasteiger partial charge >= 0.3 is 0 Å². The van der Waals surface area contributed by atoms with Crippen LogP contribution in [0.3, 0.4) is 0 Å². The number of aryl methyl sites for hydroxylation is 1. The van der Waals surface area contributed by atoms with Crippen LogP contribution in [-0.2, 0) is 6.54 Å². The van der Waals surface area contributed by atoms with Crippen molar-refractivity contribution >= 4 is 11.1 Å². The van der Waals surface area contributed by atoms with Crippen LogP contribution in [0, 0.1) is 6.92 Å². The lowest BCUT2D eigenvalue weighted by atomic mass is 9.98. The average Bonchev–Trinajstić information content (AvgIpc) is 3.42. The van der Waals surface area contributed by atoms with Crippen molar-refractivity contribution in [1.82, 2.24) is 14.9 Å². The first-order chi connectivity index (χ1) is 15.6. The highest BCUT2D eigenvalue weighted by Gasteiger charge is 2.27. The number of nitrogens with zero attached hydrogens (tertiary/aromatic N) is 3. The van der Waals surface area contributed by atoms with Crippen molar-refractivity contribution in [2.24, 2.45) is 0 Å². The molecular formula is C25H27N3O4. The summed E-state index contributed by atoms with van der Waals surface area (Å²) in [5.74, 6) is 3.89. The number of benzene rings is 2. The predicted octanol–water partition coefficient (Wildman–Crippen LogP) is 5.19.